The SMILES string of the molecule is N#Cc1ccc(-n2c3ccccc3c3c2c2c4ccccc4n(-c4ccc(-c5cccc(C#N)c5)cc4C#N)c2c2c4ccccc4n(-c4ccc(C#N)cc4)c32)cc1. The summed E-state index contributed by atoms with van der Waals surface area (Å²) in [6, 6.07) is 63.4. The quantitative estimate of drug-likeness (QED) is 0.178. The van der Waals surface area contributed by atoms with E-state index in [0.717, 1.165) is 93.6 Å². The van der Waals surface area contributed by atoms with Gasteiger partial charge in [-0.05, 0) is 102 Å². The average Bonchev–Trinajstić information content (AvgIpc) is 3.95. The molecule has 0 radical (unpaired) electrons. The average molecular weight is 750 g/mol. The summed E-state index contributed by atoms with van der Waals surface area (Å²) in [5, 5.41) is 46.4. The first-order chi connectivity index (χ1) is 29.1. The van der Waals surface area contributed by atoms with Crippen LogP contribution in [0, 0.1) is 45.3 Å². The summed E-state index contributed by atoms with van der Waals surface area (Å²) >= 11 is 0. The van der Waals surface area contributed by atoms with E-state index in [2.05, 4.69) is 105 Å². The molecule has 270 valence electrons. The van der Waals surface area contributed by atoms with Crippen LogP contribution in [0.1, 0.15) is 22.3 Å². The smallest absolute Gasteiger partial charge is 0.101 e. The van der Waals surface area contributed by atoms with Crippen molar-refractivity contribution in [3.05, 3.63) is 186 Å². The van der Waals surface area contributed by atoms with Crippen LogP contribution in [0.25, 0.3) is 93.6 Å². The minimum atomic E-state index is 0.490. The van der Waals surface area contributed by atoms with Gasteiger partial charge in [-0.3, -0.25) is 0 Å². The van der Waals surface area contributed by atoms with Crippen LogP contribution < -0.4 is 0 Å². The molecule has 8 aromatic carbocycles. The molecule has 7 heteroatoms. The van der Waals surface area contributed by atoms with Gasteiger partial charge in [0.25, 0.3) is 0 Å². The standard InChI is InChI=1S/C52H27N7/c53-28-32-16-21-38(22-17-32)57-44-13-4-1-10-40(44)47-50-48(41-11-2-5-14-45(41)58(50)39-23-18-33(29-54)19-24-39)52-49(51(47)57)42-12-3-6-15-46(42)59(52)43-25-20-36(27-37(43)31-56)35-9-7-8-34(26-35)30-55/h1-27H. The van der Waals surface area contributed by atoms with Crippen molar-refractivity contribution >= 4 is 65.4 Å². The minimum Gasteiger partial charge on any atom is -0.308 e. The molecule has 11 rings (SSSR count). The van der Waals surface area contributed by atoms with Crippen molar-refractivity contribution in [3.63, 3.8) is 0 Å². The monoisotopic (exact) mass is 749 g/mol. The molecule has 0 aliphatic carbocycles. The van der Waals surface area contributed by atoms with Gasteiger partial charge in [0.05, 0.1) is 79.2 Å². The molecule has 0 aliphatic heterocycles. The first kappa shape index (κ1) is 33.5. The Hall–Kier alpha value is -8.88. The summed E-state index contributed by atoms with van der Waals surface area (Å²) in [6.45, 7) is 0. The predicted octanol–water partition coefficient (Wildman–Crippen LogP) is 12.1. The Bertz CT molecular complexity index is 3670. The van der Waals surface area contributed by atoms with Gasteiger partial charge in [0.15, 0.2) is 0 Å². The number of rotatable bonds is 4. The minimum absolute atomic E-state index is 0.490. The lowest BCUT2D eigenvalue weighted by Gasteiger charge is -2.15. The molecule has 11 aromatic rings. The van der Waals surface area contributed by atoms with Gasteiger partial charge in [0, 0.05) is 43.7 Å². The molecule has 59 heavy (non-hydrogen) atoms. The third-order valence-corrected chi connectivity index (χ3v) is 11.5. The first-order valence-electron chi connectivity index (χ1n) is 19.1. The van der Waals surface area contributed by atoms with Crippen molar-refractivity contribution in [1.29, 1.82) is 21.0 Å². The van der Waals surface area contributed by atoms with E-state index in [9.17, 15) is 21.0 Å². The van der Waals surface area contributed by atoms with Crippen molar-refractivity contribution in [2.24, 2.45) is 0 Å². The second-order valence-electron chi connectivity index (χ2n) is 14.6. The summed E-state index contributed by atoms with van der Waals surface area (Å²) in [5.74, 6) is 0. The van der Waals surface area contributed by atoms with Crippen molar-refractivity contribution in [2.75, 3.05) is 0 Å². The third-order valence-electron chi connectivity index (χ3n) is 11.5. The normalized spacial score (nSPS) is 11.3. The second kappa shape index (κ2) is 12.8. The number of nitriles is 4. The maximum absolute atomic E-state index is 10.9. The molecular weight excluding hydrogens is 723 g/mol. The molecule has 7 nitrogen and oxygen atoms in total. The number of nitrogens with zero attached hydrogens (tertiary/aromatic N) is 7. The number of hydrogen-bond donors (Lipinski definition) is 0. The molecule has 0 amide bonds. The van der Waals surface area contributed by atoms with Crippen LogP contribution in [-0.2, 0) is 0 Å². The zero-order valence-electron chi connectivity index (χ0n) is 31.2. The van der Waals surface area contributed by atoms with Crippen LogP contribution in [0.15, 0.2) is 164 Å². The van der Waals surface area contributed by atoms with Gasteiger partial charge >= 0.3 is 0 Å². The van der Waals surface area contributed by atoms with Crippen LogP contribution >= 0.6 is 0 Å². The van der Waals surface area contributed by atoms with Crippen LogP contribution in [0.5, 0.6) is 0 Å². The highest BCUT2D eigenvalue weighted by Crippen LogP contribution is 2.50. The van der Waals surface area contributed by atoms with E-state index in [1.54, 1.807) is 6.07 Å². The lowest BCUT2D eigenvalue weighted by Crippen LogP contribution is -2.00. The number of aromatic nitrogens is 3. The molecule has 0 atom stereocenters. The molecular formula is C52H27N7. The Balaban J connectivity index is 1.41. The lowest BCUT2D eigenvalue weighted by atomic mass is 10.00. The van der Waals surface area contributed by atoms with Gasteiger partial charge in [0.1, 0.15) is 6.07 Å². The highest BCUT2D eigenvalue weighted by Gasteiger charge is 2.29. The van der Waals surface area contributed by atoms with Crippen LogP contribution in [0.3, 0.4) is 0 Å². The van der Waals surface area contributed by atoms with Crippen LogP contribution in [0.4, 0.5) is 0 Å². The first-order valence-corrected chi connectivity index (χ1v) is 19.1. The third kappa shape index (κ3) is 4.78. The molecule has 3 aromatic heterocycles. The Morgan fingerprint density at radius 1 is 0.339 bits per heavy atom. The summed E-state index contributed by atoms with van der Waals surface area (Å²) in [5.41, 5.74) is 12.3. The largest absolute Gasteiger partial charge is 0.308 e. The van der Waals surface area contributed by atoms with Gasteiger partial charge in [-0.1, -0.05) is 72.8 Å². The molecule has 0 bridgehead atoms. The van der Waals surface area contributed by atoms with Gasteiger partial charge in [0.2, 0.25) is 0 Å². The van der Waals surface area contributed by atoms with Crippen LogP contribution in [0.2, 0.25) is 0 Å². The molecule has 3 heterocycles. The topological polar surface area (TPSA) is 110 Å². The molecule has 0 fully saturated rings. The maximum atomic E-state index is 10.9. The van der Waals surface area contributed by atoms with E-state index < -0.39 is 0 Å². The van der Waals surface area contributed by atoms with E-state index in [4.69, 9.17) is 0 Å². The van der Waals surface area contributed by atoms with Crippen molar-refractivity contribution in [1.82, 2.24) is 13.7 Å². The van der Waals surface area contributed by atoms with E-state index in [-0.39, 0.29) is 0 Å². The van der Waals surface area contributed by atoms with Gasteiger partial charge in [-0.2, -0.15) is 21.0 Å². The number of benzene rings is 8. The highest BCUT2D eigenvalue weighted by atomic mass is 15.0. The Kier molecular flexibility index (Phi) is 7.28. The van der Waals surface area contributed by atoms with Gasteiger partial charge in [-0.15, -0.1) is 0 Å². The Morgan fingerprint density at radius 3 is 1.25 bits per heavy atom. The molecule has 0 spiro atoms. The maximum Gasteiger partial charge on any atom is 0.101 e. The summed E-state index contributed by atoms with van der Waals surface area (Å²) < 4.78 is 6.86. The number of para-hydroxylation sites is 3. The molecule has 0 saturated carbocycles. The molecule has 0 saturated heterocycles. The lowest BCUT2D eigenvalue weighted by molar-refractivity contribution is 1.16. The molecule has 0 N–H and O–H groups in total. The fourth-order valence-corrected chi connectivity index (χ4v) is 9.07. The van der Waals surface area contributed by atoms with Gasteiger partial charge in [-0.25, -0.2) is 0 Å². The van der Waals surface area contributed by atoms with Crippen molar-refractivity contribution in [2.45, 2.75) is 0 Å². The summed E-state index contributed by atoms with van der Waals surface area (Å²) in [6.07, 6.45) is 0. The fourth-order valence-electron chi connectivity index (χ4n) is 9.07. The van der Waals surface area contributed by atoms with E-state index in [0.29, 0.717) is 22.3 Å². The molecule has 0 aliphatic rings. The van der Waals surface area contributed by atoms with E-state index >= 15 is 0 Å². The number of fused-ring (bicyclic) bond motifs is 12. The van der Waals surface area contributed by atoms with Crippen molar-refractivity contribution < 1.29 is 0 Å². The summed E-state index contributed by atoms with van der Waals surface area (Å²) in [7, 11) is 0. The zero-order chi connectivity index (χ0) is 39.8. The second-order valence-corrected chi connectivity index (χ2v) is 14.6. The van der Waals surface area contributed by atoms with E-state index in [1.807, 2.05) is 91.0 Å². The van der Waals surface area contributed by atoms with E-state index in [1.165, 1.54) is 0 Å². The van der Waals surface area contributed by atoms with Crippen molar-refractivity contribution in [3.8, 4) is 52.5 Å². The predicted molar refractivity (Wildman–Crippen MR) is 234 cm³/mol. The van der Waals surface area contributed by atoms with Crippen LogP contribution in [-0.4, -0.2) is 13.7 Å². The van der Waals surface area contributed by atoms with Gasteiger partial charge < -0.3 is 13.7 Å². The highest BCUT2D eigenvalue weighted by molar-refractivity contribution is 6.40. The number of hydrogen-bond acceptors (Lipinski definition) is 4. The zero-order valence-corrected chi connectivity index (χ0v) is 31.2. The summed E-state index contributed by atoms with van der Waals surface area (Å²) in [4.78, 5) is 0. The Morgan fingerprint density at radius 2 is 0.780 bits per heavy atom. The molecule has 0 unspecified atom stereocenters. The fraction of sp³-hybridized carbons (Fsp3) is 0. The Labute approximate surface area is 337 Å².